The molecule has 1 fully saturated rings. The maximum atomic E-state index is 12.7. The van der Waals surface area contributed by atoms with Gasteiger partial charge in [-0.3, -0.25) is 19.4 Å². The number of piperidine rings is 1. The van der Waals surface area contributed by atoms with Crippen molar-refractivity contribution < 1.29 is 74.0 Å². The molecule has 1 aromatic carbocycles. The summed E-state index contributed by atoms with van der Waals surface area (Å²) in [5.41, 5.74) is 3.92. The van der Waals surface area contributed by atoms with Crippen molar-refractivity contribution in [3.63, 3.8) is 0 Å². The van der Waals surface area contributed by atoms with Gasteiger partial charge < -0.3 is 25.5 Å². The molecule has 1 aliphatic rings. The molecule has 13 nitrogen and oxygen atoms in total. The van der Waals surface area contributed by atoms with Gasteiger partial charge in [-0.1, -0.05) is 32.9 Å². The van der Waals surface area contributed by atoms with Crippen molar-refractivity contribution in [1.29, 1.82) is 0 Å². The number of rotatable bonds is 5. The predicted molar refractivity (Wildman–Crippen MR) is 182 cm³/mol. The monoisotopic (exact) mass is 812 g/mol. The number of aromatic nitrogens is 4. The molecule has 22 heteroatoms. The molecule has 0 bridgehead atoms. The Kier molecular flexibility index (Phi) is 18.2. The van der Waals surface area contributed by atoms with Gasteiger partial charge in [-0.05, 0) is 78.1 Å². The third-order valence-corrected chi connectivity index (χ3v) is 7.34. The van der Waals surface area contributed by atoms with Crippen LogP contribution in [-0.4, -0.2) is 91.3 Å². The van der Waals surface area contributed by atoms with Gasteiger partial charge in [0.05, 0.1) is 6.20 Å². The summed E-state index contributed by atoms with van der Waals surface area (Å²) in [6.07, 6.45) is -8.31. The van der Waals surface area contributed by atoms with Crippen LogP contribution in [0, 0.1) is 5.92 Å². The molecule has 0 radical (unpaired) electrons. The number of aliphatic carboxylic acids is 1. The fourth-order valence-corrected chi connectivity index (χ4v) is 4.63. The van der Waals surface area contributed by atoms with E-state index in [1.54, 1.807) is 10.7 Å². The summed E-state index contributed by atoms with van der Waals surface area (Å²) < 4.78 is 96.1. The number of hydrogen-bond acceptors (Lipinski definition) is 8. The third kappa shape index (κ3) is 16.6. The number of benzene rings is 1. The van der Waals surface area contributed by atoms with Gasteiger partial charge in [-0.25, -0.2) is 14.3 Å². The minimum absolute atomic E-state index is 0.0505. The minimum atomic E-state index is -6.06. The van der Waals surface area contributed by atoms with Crippen LogP contribution in [0.1, 0.15) is 55.1 Å². The summed E-state index contributed by atoms with van der Waals surface area (Å²) in [7, 11) is 0. The Morgan fingerprint density at radius 2 is 1.30 bits per heavy atom. The standard InChI is InChI=1S/C28H32N6O.C2F6.C2HF3O2.2CH2O2/c1-28(2,3)23-6-4-22(5-7-23)27(35)31-24-19-34-25(30-24)8-9-26(32-34)33-16-12-21(13-17-33)18-20-10-14-29-15-11-20;3-1(4,5)2(6,7)8;3-2(4,5)1(6)7;2*2-1-3/h4-11,14-15,19,21H,12-13,16-18H2,1-3H3,(H,31,35);;(H,6,7);2*1H,(H,2,3). The summed E-state index contributed by atoms with van der Waals surface area (Å²) in [5, 5.41) is 28.6. The van der Waals surface area contributed by atoms with Gasteiger partial charge in [-0.15, -0.1) is 5.10 Å². The highest BCUT2D eigenvalue weighted by molar-refractivity contribution is 6.03. The second kappa shape index (κ2) is 21.2. The van der Waals surface area contributed by atoms with Crippen LogP contribution in [0.5, 0.6) is 0 Å². The number of nitrogens with one attached hydrogen (secondary N) is 1. The quantitative estimate of drug-likeness (QED) is 0.117. The van der Waals surface area contributed by atoms with E-state index in [2.05, 4.69) is 53.1 Å². The van der Waals surface area contributed by atoms with Crippen LogP contribution in [0.25, 0.3) is 5.65 Å². The molecule has 1 aliphatic heterocycles. The first-order valence-electron chi connectivity index (χ1n) is 15.9. The van der Waals surface area contributed by atoms with E-state index >= 15 is 0 Å². The summed E-state index contributed by atoms with van der Waals surface area (Å²) >= 11 is 0. The van der Waals surface area contributed by atoms with Crippen LogP contribution in [-0.2, 0) is 26.2 Å². The molecule has 308 valence electrons. The lowest BCUT2D eigenvalue weighted by molar-refractivity contribution is -0.339. The molecular weight excluding hydrogens is 775 g/mol. The Balaban J connectivity index is 0.000000616. The Morgan fingerprint density at radius 3 is 1.73 bits per heavy atom. The second-order valence-electron chi connectivity index (χ2n) is 12.4. The molecule has 0 spiro atoms. The first kappa shape index (κ1) is 48.1. The number of amides is 1. The second-order valence-corrected chi connectivity index (χ2v) is 12.4. The molecular formula is C34H37F9N6O7. The minimum Gasteiger partial charge on any atom is -0.483 e. The summed E-state index contributed by atoms with van der Waals surface area (Å²) in [6, 6.07) is 15.9. The van der Waals surface area contributed by atoms with E-state index in [0.29, 0.717) is 22.9 Å². The number of halogens is 9. The zero-order valence-electron chi connectivity index (χ0n) is 29.7. The Hall–Kier alpha value is -5.96. The maximum absolute atomic E-state index is 12.7. The van der Waals surface area contributed by atoms with E-state index in [-0.39, 0.29) is 24.3 Å². The van der Waals surface area contributed by atoms with E-state index in [1.807, 2.05) is 48.8 Å². The first-order chi connectivity index (χ1) is 25.9. The van der Waals surface area contributed by atoms with Crippen molar-refractivity contribution >= 4 is 42.1 Å². The molecule has 1 amide bonds. The average molecular weight is 813 g/mol. The number of hydrogen-bond donors (Lipinski definition) is 4. The topological polar surface area (TPSA) is 187 Å². The van der Waals surface area contributed by atoms with E-state index in [4.69, 9.17) is 34.8 Å². The zero-order chi connectivity index (χ0) is 42.9. The smallest absolute Gasteiger partial charge is 0.483 e. The number of fused-ring (bicyclic) bond motifs is 1. The van der Waals surface area contributed by atoms with Gasteiger partial charge in [0, 0.05) is 31.0 Å². The summed E-state index contributed by atoms with van der Waals surface area (Å²) in [6.45, 7) is 7.94. The molecule has 4 heterocycles. The lowest BCUT2D eigenvalue weighted by Crippen LogP contribution is -2.35. The predicted octanol–water partition coefficient (Wildman–Crippen LogP) is 7.28. The van der Waals surface area contributed by atoms with Gasteiger partial charge in [0.25, 0.3) is 18.9 Å². The molecule has 0 saturated carbocycles. The number of nitrogens with zero attached hydrogens (tertiary/aromatic N) is 5. The SMILES string of the molecule is CC(C)(C)c1ccc(C(=O)Nc2cn3nc(N4CCC(Cc5ccncc5)CC4)ccc3n2)cc1.FC(F)(F)C(F)(F)F.O=C(O)C(F)(F)F.O=CO.O=CO. The van der Waals surface area contributed by atoms with Crippen LogP contribution in [0.3, 0.4) is 0 Å². The fraction of sp³-hybridized carbons (Fsp3) is 0.382. The summed E-state index contributed by atoms with van der Waals surface area (Å²) in [5.74, 6) is -0.814. The highest BCUT2D eigenvalue weighted by Gasteiger charge is 2.58. The van der Waals surface area contributed by atoms with Crippen molar-refractivity contribution in [2.24, 2.45) is 5.92 Å². The number of carboxylic acid groups (broad SMARTS) is 3. The van der Waals surface area contributed by atoms with Crippen molar-refractivity contribution in [1.82, 2.24) is 19.6 Å². The number of imidazole rings is 1. The molecule has 4 aromatic rings. The van der Waals surface area contributed by atoms with Gasteiger partial charge in [-0.2, -0.15) is 39.5 Å². The Morgan fingerprint density at radius 1 is 0.821 bits per heavy atom. The molecule has 1 saturated heterocycles. The van der Waals surface area contributed by atoms with Crippen molar-refractivity contribution in [2.75, 3.05) is 23.3 Å². The summed E-state index contributed by atoms with van der Waals surface area (Å²) in [4.78, 5) is 49.3. The highest BCUT2D eigenvalue weighted by atomic mass is 19.5. The van der Waals surface area contributed by atoms with Crippen molar-refractivity contribution in [3.8, 4) is 0 Å². The van der Waals surface area contributed by atoms with E-state index in [0.717, 1.165) is 38.2 Å². The van der Waals surface area contributed by atoms with E-state index < -0.39 is 24.5 Å². The molecule has 0 unspecified atom stereocenters. The molecule has 0 aliphatic carbocycles. The van der Waals surface area contributed by atoms with Crippen LogP contribution >= 0.6 is 0 Å². The van der Waals surface area contributed by atoms with Gasteiger partial charge in [0.15, 0.2) is 11.5 Å². The van der Waals surface area contributed by atoms with Crippen LogP contribution in [0.4, 0.5) is 51.1 Å². The number of carbonyl (C=O) groups is 4. The first-order valence-corrected chi connectivity index (χ1v) is 15.9. The largest absolute Gasteiger partial charge is 0.490 e. The van der Waals surface area contributed by atoms with Gasteiger partial charge in [0.1, 0.15) is 5.82 Å². The average Bonchev–Trinajstić information content (AvgIpc) is 3.50. The number of carbonyl (C=O) groups excluding carboxylic acids is 1. The zero-order valence-corrected chi connectivity index (χ0v) is 29.7. The maximum Gasteiger partial charge on any atom is 0.490 e. The lowest BCUT2D eigenvalue weighted by Gasteiger charge is -2.32. The Labute approximate surface area is 312 Å². The van der Waals surface area contributed by atoms with Crippen LogP contribution < -0.4 is 10.2 Å². The fourth-order valence-electron chi connectivity index (χ4n) is 4.63. The number of alkyl halides is 9. The lowest BCUT2D eigenvalue weighted by atomic mass is 9.87. The van der Waals surface area contributed by atoms with E-state index in [1.165, 1.54) is 11.1 Å². The number of carboxylic acids is 1. The van der Waals surface area contributed by atoms with Crippen molar-refractivity contribution in [2.45, 2.75) is 64.0 Å². The van der Waals surface area contributed by atoms with Gasteiger partial charge in [0.2, 0.25) is 0 Å². The molecule has 0 atom stereocenters. The normalized spacial score (nSPS) is 13.2. The molecule has 5 rings (SSSR count). The number of anilines is 2. The molecule has 56 heavy (non-hydrogen) atoms. The van der Waals surface area contributed by atoms with E-state index in [9.17, 15) is 44.3 Å². The molecule has 3 aromatic heterocycles. The van der Waals surface area contributed by atoms with Crippen LogP contribution in [0.2, 0.25) is 0 Å². The van der Waals surface area contributed by atoms with Crippen LogP contribution in [0.15, 0.2) is 67.1 Å². The Bertz CT molecular complexity index is 1800. The van der Waals surface area contributed by atoms with Gasteiger partial charge >= 0.3 is 24.5 Å². The molecule has 4 N–H and O–H groups in total. The van der Waals surface area contributed by atoms with Crippen molar-refractivity contribution in [3.05, 3.63) is 83.8 Å². The highest BCUT2D eigenvalue weighted by Crippen LogP contribution is 2.36. The third-order valence-electron chi connectivity index (χ3n) is 7.34. The number of pyridine rings is 1.